The van der Waals surface area contributed by atoms with Crippen LogP contribution in [0.4, 0.5) is 0 Å². The summed E-state index contributed by atoms with van der Waals surface area (Å²) in [4.78, 5) is 5.09. The van der Waals surface area contributed by atoms with Gasteiger partial charge >= 0.3 is 0 Å². The van der Waals surface area contributed by atoms with Crippen LogP contribution in [0.5, 0.6) is 5.75 Å². The highest BCUT2D eigenvalue weighted by molar-refractivity contribution is 5.43. The quantitative estimate of drug-likeness (QED) is 0.681. The fourth-order valence-electron chi connectivity index (χ4n) is 4.26. The summed E-state index contributed by atoms with van der Waals surface area (Å²) < 4.78 is 0. The lowest BCUT2D eigenvalue weighted by molar-refractivity contribution is 0.125. The summed E-state index contributed by atoms with van der Waals surface area (Å²) in [6, 6.07) is 25.7. The Morgan fingerprint density at radius 1 is 0.750 bits per heavy atom. The van der Waals surface area contributed by atoms with Gasteiger partial charge in [0.2, 0.25) is 0 Å². The molecule has 0 saturated carbocycles. The number of phenols is 1. The summed E-state index contributed by atoms with van der Waals surface area (Å²) in [6.45, 7) is 7.90. The van der Waals surface area contributed by atoms with Crippen molar-refractivity contribution in [3.05, 3.63) is 101 Å². The topological polar surface area (TPSA) is 26.7 Å². The van der Waals surface area contributed by atoms with E-state index in [-0.39, 0.29) is 6.17 Å². The first-order valence-electron chi connectivity index (χ1n) is 9.98. The summed E-state index contributed by atoms with van der Waals surface area (Å²) in [7, 11) is 0. The van der Waals surface area contributed by atoms with Gasteiger partial charge in [0.15, 0.2) is 0 Å². The van der Waals surface area contributed by atoms with E-state index < -0.39 is 0 Å². The van der Waals surface area contributed by atoms with E-state index in [1.54, 1.807) is 0 Å². The van der Waals surface area contributed by atoms with Gasteiger partial charge in [-0.1, -0.05) is 60.7 Å². The third-order valence-corrected chi connectivity index (χ3v) is 5.63. The Balaban J connectivity index is 1.67. The van der Waals surface area contributed by atoms with Crippen LogP contribution in [0.3, 0.4) is 0 Å². The van der Waals surface area contributed by atoms with Crippen molar-refractivity contribution >= 4 is 0 Å². The summed E-state index contributed by atoms with van der Waals surface area (Å²) in [6.07, 6.45) is 0.207. The van der Waals surface area contributed by atoms with Gasteiger partial charge in [-0.25, -0.2) is 0 Å². The third-order valence-electron chi connectivity index (χ3n) is 5.63. The second-order valence-corrected chi connectivity index (χ2v) is 7.79. The van der Waals surface area contributed by atoms with Crippen molar-refractivity contribution in [2.45, 2.75) is 33.1 Å². The maximum Gasteiger partial charge on any atom is 0.121 e. The molecule has 144 valence electrons. The van der Waals surface area contributed by atoms with Gasteiger partial charge in [0, 0.05) is 26.2 Å². The number of benzene rings is 3. The number of aromatic hydroxyl groups is 1. The van der Waals surface area contributed by atoms with E-state index in [1.807, 2.05) is 13.8 Å². The van der Waals surface area contributed by atoms with E-state index in [4.69, 9.17) is 0 Å². The molecule has 0 atom stereocenters. The number of phenolic OH excluding ortho intramolecular Hbond substituents is 1. The molecule has 28 heavy (non-hydrogen) atoms. The monoisotopic (exact) mass is 372 g/mol. The molecule has 0 aliphatic carbocycles. The molecule has 0 spiro atoms. The molecule has 0 unspecified atom stereocenters. The number of hydrogen-bond acceptors (Lipinski definition) is 3. The molecule has 4 rings (SSSR count). The first kappa shape index (κ1) is 18.7. The maximum atomic E-state index is 10.2. The van der Waals surface area contributed by atoms with Crippen LogP contribution in [-0.2, 0) is 13.1 Å². The predicted molar refractivity (Wildman–Crippen MR) is 114 cm³/mol. The van der Waals surface area contributed by atoms with Crippen LogP contribution >= 0.6 is 0 Å². The standard InChI is InChI=1S/C25H28N2O/c1-19-15-23(16-20(2)24(19)28)25-26(17-21-9-5-3-6-10-21)13-14-27(25)18-22-11-7-4-8-12-22/h3-12,15-16,25,28H,13-14,17-18H2,1-2H3. The highest BCUT2D eigenvalue weighted by Gasteiger charge is 2.33. The molecule has 0 aromatic heterocycles. The lowest BCUT2D eigenvalue weighted by atomic mass is 10.0. The van der Waals surface area contributed by atoms with E-state index in [0.717, 1.165) is 37.3 Å². The molecular formula is C25H28N2O. The van der Waals surface area contributed by atoms with E-state index in [1.165, 1.54) is 16.7 Å². The van der Waals surface area contributed by atoms with Gasteiger partial charge in [0.1, 0.15) is 5.75 Å². The normalized spacial score (nSPS) is 15.9. The van der Waals surface area contributed by atoms with Gasteiger partial charge in [-0.2, -0.15) is 0 Å². The molecule has 0 amide bonds. The second-order valence-electron chi connectivity index (χ2n) is 7.79. The molecule has 1 fully saturated rings. The fourth-order valence-corrected chi connectivity index (χ4v) is 4.26. The molecular weight excluding hydrogens is 344 g/mol. The zero-order valence-electron chi connectivity index (χ0n) is 16.7. The Kier molecular flexibility index (Phi) is 5.47. The first-order valence-corrected chi connectivity index (χ1v) is 9.98. The zero-order valence-corrected chi connectivity index (χ0v) is 16.7. The minimum Gasteiger partial charge on any atom is -0.507 e. The number of hydrogen-bond donors (Lipinski definition) is 1. The van der Waals surface area contributed by atoms with Gasteiger partial charge in [-0.15, -0.1) is 0 Å². The van der Waals surface area contributed by atoms with Crippen molar-refractivity contribution in [3.63, 3.8) is 0 Å². The van der Waals surface area contributed by atoms with Crippen molar-refractivity contribution in [3.8, 4) is 5.75 Å². The molecule has 1 N–H and O–H groups in total. The molecule has 3 aromatic rings. The smallest absolute Gasteiger partial charge is 0.121 e. The minimum atomic E-state index is 0.207. The molecule has 0 radical (unpaired) electrons. The fraction of sp³-hybridized carbons (Fsp3) is 0.280. The summed E-state index contributed by atoms with van der Waals surface area (Å²) in [5.74, 6) is 0.408. The Bertz CT molecular complexity index is 851. The molecule has 3 heteroatoms. The van der Waals surface area contributed by atoms with Gasteiger partial charge in [-0.05, 0) is 53.8 Å². The van der Waals surface area contributed by atoms with Crippen LogP contribution in [0.1, 0.15) is 34.0 Å². The molecule has 0 bridgehead atoms. The van der Waals surface area contributed by atoms with Crippen LogP contribution in [0, 0.1) is 13.8 Å². The summed E-state index contributed by atoms with van der Waals surface area (Å²) >= 11 is 0. The predicted octanol–water partition coefficient (Wildman–Crippen LogP) is 5.03. The Hall–Kier alpha value is -2.62. The Morgan fingerprint density at radius 2 is 1.18 bits per heavy atom. The molecule has 1 aliphatic heterocycles. The minimum absolute atomic E-state index is 0.207. The van der Waals surface area contributed by atoms with Crippen LogP contribution < -0.4 is 0 Å². The number of rotatable bonds is 5. The highest BCUT2D eigenvalue weighted by atomic mass is 16.3. The molecule has 3 nitrogen and oxygen atoms in total. The Morgan fingerprint density at radius 3 is 1.61 bits per heavy atom. The van der Waals surface area contributed by atoms with Crippen molar-refractivity contribution < 1.29 is 5.11 Å². The van der Waals surface area contributed by atoms with Gasteiger partial charge in [-0.3, -0.25) is 9.80 Å². The zero-order chi connectivity index (χ0) is 19.5. The highest BCUT2D eigenvalue weighted by Crippen LogP contribution is 2.35. The Labute approximate surface area is 167 Å². The SMILES string of the molecule is Cc1cc(C2N(Cc3ccccc3)CCN2Cc2ccccc2)cc(C)c1O. The van der Waals surface area contributed by atoms with Crippen molar-refractivity contribution in [2.75, 3.05) is 13.1 Å². The average Bonchev–Trinajstić information content (AvgIpc) is 3.09. The molecule has 3 aromatic carbocycles. The van der Waals surface area contributed by atoms with E-state index in [9.17, 15) is 5.11 Å². The van der Waals surface area contributed by atoms with Gasteiger partial charge in [0.25, 0.3) is 0 Å². The van der Waals surface area contributed by atoms with Gasteiger partial charge < -0.3 is 5.11 Å². The van der Waals surface area contributed by atoms with Crippen molar-refractivity contribution in [1.29, 1.82) is 0 Å². The maximum absolute atomic E-state index is 10.2. The second kappa shape index (κ2) is 8.17. The third kappa shape index (κ3) is 3.96. The summed E-state index contributed by atoms with van der Waals surface area (Å²) in [5.41, 5.74) is 5.82. The van der Waals surface area contributed by atoms with E-state index in [2.05, 4.69) is 82.6 Å². The first-order chi connectivity index (χ1) is 13.6. The van der Waals surface area contributed by atoms with Crippen LogP contribution in [0.15, 0.2) is 72.8 Å². The van der Waals surface area contributed by atoms with Crippen LogP contribution in [0.25, 0.3) is 0 Å². The number of aryl methyl sites for hydroxylation is 2. The average molecular weight is 373 g/mol. The van der Waals surface area contributed by atoms with Crippen LogP contribution in [0.2, 0.25) is 0 Å². The van der Waals surface area contributed by atoms with Crippen molar-refractivity contribution in [2.24, 2.45) is 0 Å². The lowest BCUT2D eigenvalue weighted by Crippen LogP contribution is -2.30. The lowest BCUT2D eigenvalue weighted by Gasteiger charge is -2.31. The molecule has 1 heterocycles. The van der Waals surface area contributed by atoms with Crippen LogP contribution in [-0.4, -0.2) is 28.0 Å². The molecule has 1 aliphatic rings. The largest absolute Gasteiger partial charge is 0.507 e. The van der Waals surface area contributed by atoms with E-state index in [0.29, 0.717) is 5.75 Å². The van der Waals surface area contributed by atoms with Gasteiger partial charge in [0.05, 0.1) is 6.17 Å². The van der Waals surface area contributed by atoms with Crippen molar-refractivity contribution in [1.82, 2.24) is 9.80 Å². The molecule has 1 saturated heterocycles. The van der Waals surface area contributed by atoms with E-state index >= 15 is 0 Å². The number of nitrogens with zero attached hydrogens (tertiary/aromatic N) is 2. The summed E-state index contributed by atoms with van der Waals surface area (Å²) in [5, 5.41) is 10.2.